The molecule has 436 valence electrons. The van der Waals surface area contributed by atoms with Gasteiger partial charge in [-0.15, -0.1) is 0 Å². The number of nitrogens with two attached hydrogens (primary N) is 3. The summed E-state index contributed by atoms with van der Waals surface area (Å²) in [5.74, 6) is -8.17. The van der Waals surface area contributed by atoms with Crippen LogP contribution in [0.15, 0.2) is 73.3 Å². The van der Waals surface area contributed by atoms with Gasteiger partial charge in [0.15, 0.2) is 0 Å². The number of aliphatic hydroxyl groups excluding tert-OH is 1. The summed E-state index contributed by atoms with van der Waals surface area (Å²) < 4.78 is 0. The van der Waals surface area contributed by atoms with E-state index in [0.717, 1.165) is 16.5 Å². The average molecular weight is 1110 g/mol. The monoisotopic (exact) mass is 1110 g/mol. The highest BCUT2D eigenvalue weighted by Gasteiger charge is 2.34. The van der Waals surface area contributed by atoms with Crippen molar-refractivity contribution in [2.75, 3.05) is 6.54 Å². The summed E-state index contributed by atoms with van der Waals surface area (Å²) in [5, 5.41) is 32.9. The summed E-state index contributed by atoms with van der Waals surface area (Å²) in [7, 11) is 0. The first kappa shape index (κ1) is 64.3. The van der Waals surface area contributed by atoms with E-state index in [1.807, 2.05) is 52.0 Å². The van der Waals surface area contributed by atoms with Crippen molar-refractivity contribution in [3.8, 4) is 0 Å². The topological polar surface area (TPSA) is 410 Å². The van der Waals surface area contributed by atoms with Crippen molar-refractivity contribution in [3.63, 3.8) is 0 Å². The number of hydrogen-bond donors (Lipinski definition) is 14. The number of para-hydroxylation sites is 1. The second kappa shape index (κ2) is 31.4. The number of nitrogens with zero attached hydrogens (tertiary/aromatic N) is 1. The predicted octanol–water partition coefficient (Wildman–Crippen LogP) is -0.974. The third-order valence-corrected chi connectivity index (χ3v) is 13.0. The van der Waals surface area contributed by atoms with Crippen molar-refractivity contribution < 1.29 is 53.1 Å². The molecule has 4 aromatic rings. The number of rotatable bonds is 33. The standard InChI is InChI=1S/C55H80N14O11/c1-29(2)19-40(44(70)24-46(72)64-41(49(58)74)20-30(3)4)67-54(79)43(23-35-26-59-28-62-35)65-47(73)27-61-55(80)48(31(5)6)69-50(75)32(7)63-53(78)42(22-34-25-60-38-16-12-11-15-36(34)38)68-52(77)39(17-18-45(57)71)66-51(76)37(56)21-33-13-9-8-10-14-33/h8-16,25-26,28-32,37,39-44,48,60,70H,17-24,27,56H2,1-7H3,(H2,57,71)(H2,58,74)(H,59,62)(H,61,80)(H,63,78)(H,64,72)(H,65,73)(H,66,76)(H,67,79)(H,68,77)(H,69,75)/t32-,37-,39-,40-,41-,42-,43-,44-,48-/m0/s1. The highest BCUT2D eigenvalue weighted by molar-refractivity contribution is 5.97. The Balaban J connectivity index is 1.44. The quantitative estimate of drug-likeness (QED) is 0.0273. The van der Waals surface area contributed by atoms with E-state index < -0.39 is 132 Å². The van der Waals surface area contributed by atoms with Gasteiger partial charge in [-0.05, 0) is 67.6 Å². The van der Waals surface area contributed by atoms with E-state index in [2.05, 4.69) is 57.5 Å². The van der Waals surface area contributed by atoms with E-state index in [1.165, 1.54) is 19.4 Å². The highest BCUT2D eigenvalue weighted by Crippen LogP contribution is 2.20. The zero-order chi connectivity index (χ0) is 59.2. The number of imidazole rings is 1. The summed E-state index contributed by atoms with van der Waals surface area (Å²) in [5.41, 5.74) is 19.7. The second-order valence-corrected chi connectivity index (χ2v) is 21.2. The van der Waals surface area contributed by atoms with Gasteiger partial charge in [0, 0.05) is 42.6 Å². The first-order valence-electron chi connectivity index (χ1n) is 26.8. The molecule has 2 aromatic carbocycles. The van der Waals surface area contributed by atoms with E-state index in [4.69, 9.17) is 17.2 Å². The molecule has 2 heterocycles. The van der Waals surface area contributed by atoms with Crippen LogP contribution in [0.1, 0.15) is 97.4 Å². The van der Waals surface area contributed by atoms with Crippen LogP contribution in [0.3, 0.4) is 0 Å². The van der Waals surface area contributed by atoms with Crippen LogP contribution < -0.4 is 59.7 Å². The minimum absolute atomic E-state index is 0.0341. The molecule has 0 radical (unpaired) electrons. The molecule has 0 aliphatic heterocycles. The lowest BCUT2D eigenvalue weighted by atomic mass is 9.96. The molecule has 0 fully saturated rings. The van der Waals surface area contributed by atoms with E-state index in [1.54, 1.807) is 50.4 Å². The Hall–Kier alpha value is -8.19. The summed E-state index contributed by atoms with van der Waals surface area (Å²) >= 11 is 0. The number of fused-ring (bicyclic) bond motifs is 1. The first-order valence-corrected chi connectivity index (χ1v) is 26.8. The Morgan fingerprint density at radius 2 is 1.23 bits per heavy atom. The normalized spacial score (nSPS) is 14.8. The van der Waals surface area contributed by atoms with Gasteiger partial charge < -0.3 is 74.8 Å². The number of benzene rings is 2. The van der Waals surface area contributed by atoms with Crippen LogP contribution in [0.5, 0.6) is 0 Å². The Kier molecular flexibility index (Phi) is 25.3. The largest absolute Gasteiger partial charge is 0.390 e. The fourth-order valence-electron chi connectivity index (χ4n) is 8.74. The summed E-state index contributed by atoms with van der Waals surface area (Å²) in [4.78, 5) is 143. The molecule has 0 saturated carbocycles. The number of aromatic amines is 2. The van der Waals surface area contributed by atoms with Crippen molar-refractivity contribution in [2.45, 2.75) is 154 Å². The van der Waals surface area contributed by atoms with Crippen LogP contribution in [0.25, 0.3) is 10.9 Å². The summed E-state index contributed by atoms with van der Waals surface area (Å²) in [6, 6.07) is 6.64. The Morgan fingerprint density at radius 3 is 1.85 bits per heavy atom. The molecule has 25 heteroatoms. The fourth-order valence-corrected chi connectivity index (χ4v) is 8.74. The third-order valence-electron chi connectivity index (χ3n) is 13.0. The van der Waals surface area contributed by atoms with Crippen LogP contribution in [0.4, 0.5) is 0 Å². The number of nitrogens with one attached hydrogen (secondary N) is 10. The molecule has 10 amide bonds. The molecule has 0 aliphatic carbocycles. The van der Waals surface area contributed by atoms with Gasteiger partial charge in [0.1, 0.15) is 36.3 Å². The van der Waals surface area contributed by atoms with Gasteiger partial charge in [-0.2, -0.15) is 0 Å². The number of primary amides is 2. The molecular weight excluding hydrogens is 1030 g/mol. The van der Waals surface area contributed by atoms with E-state index in [0.29, 0.717) is 11.3 Å². The maximum atomic E-state index is 14.2. The van der Waals surface area contributed by atoms with Crippen LogP contribution in [0.2, 0.25) is 0 Å². The van der Waals surface area contributed by atoms with Crippen LogP contribution >= 0.6 is 0 Å². The smallest absolute Gasteiger partial charge is 0.243 e. The lowest BCUT2D eigenvalue weighted by molar-refractivity contribution is -0.135. The van der Waals surface area contributed by atoms with Gasteiger partial charge in [0.2, 0.25) is 59.1 Å². The molecule has 9 atom stereocenters. The predicted molar refractivity (Wildman–Crippen MR) is 297 cm³/mol. The molecule has 0 aliphatic rings. The van der Waals surface area contributed by atoms with Crippen molar-refractivity contribution in [3.05, 3.63) is 90.1 Å². The lowest BCUT2D eigenvalue weighted by Gasteiger charge is -2.28. The Bertz CT molecular complexity index is 2730. The summed E-state index contributed by atoms with van der Waals surface area (Å²) in [6.07, 6.45) is 2.61. The van der Waals surface area contributed by atoms with Crippen LogP contribution in [-0.2, 0) is 67.2 Å². The number of carbonyl (C=O) groups is 10. The molecule has 0 bridgehead atoms. The van der Waals surface area contributed by atoms with Gasteiger partial charge in [-0.3, -0.25) is 47.9 Å². The number of H-pyrrole nitrogens is 2. The zero-order valence-electron chi connectivity index (χ0n) is 46.4. The van der Waals surface area contributed by atoms with Gasteiger partial charge >= 0.3 is 0 Å². The third kappa shape index (κ3) is 21.2. The van der Waals surface area contributed by atoms with Crippen molar-refractivity contribution in [1.82, 2.24) is 57.5 Å². The van der Waals surface area contributed by atoms with Crippen molar-refractivity contribution >= 4 is 70.0 Å². The van der Waals surface area contributed by atoms with Crippen LogP contribution in [0, 0.1) is 17.8 Å². The van der Waals surface area contributed by atoms with Gasteiger partial charge in [-0.25, -0.2) is 4.98 Å². The molecule has 2 aromatic heterocycles. The second-order valence-electron chi connectivity index (χ2n) is 21.2. The number of hydrogen-bond acceptors (Lipinski definition) is 13. The SMILES string of the molecule is CC(C)C[C@H](NC(=O)C[C@H](O)[C@H](CC(C)C)NC(=O)[C@H](Cc1c[nH]cn1)NC(=O)CNC(=O)[C@@H](NC(=O)[C@H](C)NC(=O)[C@H](Cc1c[nH]c2ccccc12)NC(=O)[C@H](CCC(N)=O)NC(=O)[C@@H](N)Cc1ccccc1)C(C)C)C(N)=O. The average Bonchev–Trinajstić information content (AvgIpc) is 4.07. The lowest BCUT2D eigenvalue weighted by Crippen LogP contribution is -2.59. The molecule has 0 unspecified atom stereocenters. The van der Waals surface area contributed by atoms with Gasteiger partial charge in [0.05, 0.1) is 43.2 Å². The number of amides is 10. The molecule has 0 spiro atoms. The molecule has 25 nitrogen and oxygen atoms in total. The minimum Gasteiger partial charge on any atom is -0.390 e. The van der Waals surface area contributed by atoms with E-state index in [9.17, 15) is 53.1 Å². The maximum absolute atomic E-state index is 14.2. The molecular formula is C55H80N14O11. The molecule has 80 heavy (non-hydrogen) atoms. The molecule has 0 saturated heterocycles. The fraction of sp³-hybridized carbons (Fsp3) is 0.509. The minimum atomic E-state index is -1.41. The van der Waals surface area contributed by atoms with Crippen molar-refractivity contribution in [1.29, 1.82) is 0 Å². The number of aliphatic hydroxyl groups is 1. The van der Waals surface area contributed by atoms with Gasteiger partial charge in [0.25, 0.3) is 0 Å². The first-order chi connectivity index (χ1) is 37.8. The molecule has 17 N–H and O–H groups in total. The zero-order valence-corrected chi connectivity index (χ0v) is 46.4. The number of carbonyl (C=O) groups excluding carboxylic acids is 10. The van der Waals surface area contributed by atoms with E-state index >= 15 is 0 Å². The number of aromatic nitrogens is 3. The summed E-state index contributed by atoms with van der Waals surface area (Å²) in [6.45, 7) is 11.4. The maximum Gasteiger partial charge on any atom is 0.243 e. The Labute approximate surface area is 465 Å². The highest BCUT2D eigenvalue weighted by atomic mass is 16.3. The van der Waals surface area contributed by atoms with Crippen LogP contribution in [-0.4, -0.2) is 140 Å². The molecule has 4 rings (SSSR count). The van der Waals surface area contributed by atoms with Crippen molar-refractivity contribution in [2.24, 2.45) is 35.0 Å². The Morgan fingerprint density at radius 1 is 0.613 bits per heavy atom. The van der Waals surface area contributed by atoms with E-state index in [-0.39, 0.29) is 56.8 Å². The van der Waals surface area contributed by atoms with Gasteiger partial charge in [-0.1, -0.05) is 90.1 Å².